The van der Waals surface area contributed by atoms with Crippen LogP contribution in [0.3, 0.4) is 0 Å². The van der Waals surface area contributed by atoms with Crippen molar-refractivity contribution < 1.29 is 9.47 Å². The smallest absolute Gasteiger partial charge is 0.213 e. The second kappa shape index (κ2) is 12.4. The van der Waals surface area contributed by atoms with E-state index in [2.05, 4.69) is 20.6 Å². The molecule has 0 aliphatic carbocycles. The molecular formula is C20H29IN4O2. The molecule has 0 aliphatic heterocycles. The Bertz CT molecular complexity index is 688. The third-order valence-electron chi connectivity index (χ3n) is 3.54. The van der Waals surface area contributed by atoms with E-state index in [9.17, 15) is 0 Å². The molecule has 0 aliphatic rings. The van der Waals surface area contributed by atoms with Crippen LogP contribution in [0.15, 0.2) is 47.6 Å². The molecule has 7 heteroatoms. The highest BCUT2D eigenvalue weighted by Crippen LogP contribution is 2.11. The fraction of sp³-hybridized carbons (Fsp3) is 0.400. The summed E-state index contributed by atoms with van der Waals surface area (Å²) in [4.78, 5) is 8.92. The molecule has 1 heterocycles. The first kappa shape index (κ1) is 23.0. The summed E-state index contributed by atoms with van der Waals surface area (Å²) in [6.45, 7) is 8.05. The number of nitrogens with one attached hydrogen (secondary N) is 2. The molecule has 1 aromatic heterocycles. The van der Waals surface area contributed by atoms with Crippen molar-refractivity contribution in [2.24, 2.45) is 4.99 Å². The minimum atomic E-state index is 0. The number of halogens is 1. The molecule has 2 aromatic rings. The van der Waals surface area contributed by atoms with Crippen LogP contribution in [-0.4, -0.2) is 30.7 Å². The number of ether oxygens (including phenoxy) is 2. The van der Waals surface area contributed by atoms with Gasteiger partial charge >= 0.3 is 0 Å². The molecule has 2 rings (SSSR count). The van der Waals surface area contributed by atoms with Gasteiger partial charge in [0.25, 0.3) is 0 Å². The number of guanidine groups is 1. The largest absolute Gasteiger partial charge is 0.497 e. The van der Waals surface area contributed by atoms with Crippen LogP contribution in [0.4, 0.5) is 0 Å². The highest BCUT2D eigenvalue weighted by atomic mass is 127. The molecule has 148 valence electrons. The lowest BCUT2D eigenvalue weighted by atomic mass is 10.2. The minimum absolute atomic E-state index is 0. The lowest BCUT2D eigenvalue weighted by Gasteiger charge is -2.12. The molecule has 0 fully saturated rings. The molecule has 27 heavy (non-hydrogen) atoms. The van der Waals surface area contributed by atoms with E-state index in [4.69, 9.17) is 9.47 Å². The van der Waals surface area contributed by atoms with Gasteiger partial charge in [0.05, 0.1) is 19.8 Å². The van der Waals surface area contributed by atoms with Crippen molar-refractivity contribution in [3.8, 4) is 11.6 Å². The molecule has 0 saturated carbocycles. The van der Waals surface area contributed by atoms with E-state index >= 15 is 0 Å². The predicted molar refractivity (Wildman–Crippen MR) is 120 cm³/mol. The van der Waals surface area contributed by atoms with E-state index < -0.39 is 0 Å². The van der Waals surface area contributed by atoms with E-state index in [0.29, 0.717) is 19.0 Å². The molecule has 0 radical (unpaired) electrons. The maximum absolute atomic E-state index is 5.56. The molecule has 0 atom stereocenters. The SMILES string of the molecule is CCNC(=NCc1ccc(OC(C)C)nc1)NCc1ccc(OC)cc1.I. The first-order valence-corrected chi connectivity index (χ1v) is 8.87. The first-order valence-electron chi connectivity index (χ1n) is 8.87. The number of aromatic nitrogens is 1. The zero-order valence-electron chi connectivity index (χ0n) is 16.4. The van der Waals surface area contributed by atoms with Gasteiger partial charge in [0, 0.05) is 25.4 Å². The molecule has 2 N–H and O–H groups in total. The number of pyridine rings is 1. The summed E-state index contributed by atoms with van der Waals surface area (Å²) in [6.07, 6.45) is 1.92. The van der Waals surface area contributed by atoms with Gasteiger partial charge in [-0.05, 0) is 44.0 Å². The summed E-state index contributed by atoms with van der Waals surface area (Å²) in [5.41, 5.74) is 2.19. The Morgan fingerprint density at radius 2 is 1.78 bits per heavy atom. The number of methoxy groups -OCH3 is 1. The van der Waals surface area contributed by atoms with Crippen molar-refractivity contribution >= 4 is 29.9 Å². The molecule has 0 amide bonds. The van der Waals surface area contributed by atoms with Crippen molar-refractivity contribution in [1.82, 2.24) is 15.6 Å². The van der Waals surface area contributed by atoms with Gasteiger partial charge in [-0.25, -0.2) is 9.98 Å². The van der Waals surface area contributed by atoms with Crippen molar-refractivity contribution in [1.29, 1.82) is 0 Å². The fourth-order valence-electron chi connectivity index (χ4n) is 2.26. The lowest BCUT2D eigenvalue weighted by Crippen LogP contribution is -2.36. The number of benzene rings is 1. The van der Waals surface area contributed by atoms with Gasteiger partial charge in [-0.2, -0.15) is 0 Å². The summed E-state index contributed by atoms with van der Waals surface area (Å²) >= 11 is 0. The van der Waals surface area contributed by atoms with Crippen LogP contribution >= 0.6 is 24.0 Å². The summed E-state index contributed by atoms with van der Waals surface area (Å²) < 4.78 is 10.7. The Hall–Kier alpha value is -2.03. The molecule has 6 nitrogen and oxygen atoms in total. The van der Waals surface area contributed by atoms with E-state index in [-0.39, 0.29) is 30.1 Å². The average molecular weight is 484 g/mol. The third kappa shape index (κ3) is 8.47. The van der Waals surface area contributed by atoms with Crippen LogP contribution < -0.4 is 20.1 Å². The van der Waals surface area contributed by atoms with Crippen LogP contribution in [0.2, 0.25) is 0 Å². The van der Waals surface area contributed by atoms with E-state index in [0.717, 1.165) is 29.4 Å². The Morgan fingerprint density at radius 3 is 2.33 bits per heavy atom. The van der Waals surface area contributed by atoms with Gasteiger partial charge in [-0.3, -0.25) is 0 Å². The van der Waals surface area contributed by atoms with E-state index in [1.165, 1.54) is 0 Å². The van der Waals surface area contributed by atoms with Gasteiger partial charge < -0.3 is 20.1 Å². The first-order chi connectivity index (χ1) is 12.6. The summed E-state index contributed by atoms with van der Waals surface area (Å²) in [5, 5.41) is 6.59. The molecule has 1 aromatic carbocycles. The van der Waals surface area contributed by atoms with Gasteiger partial charge in [-0.1, -0.05) is 18.2 Å². The van der Waals surface area contributed by atoms with Gasteiger partial charge in [0.15, 0.2) is 5.96 Å². The van der Waals surface area contributed by atoms with Crippen LogP contribution in [0, 0.1) is 0 Å². The van der Waals surface area contributed by atoms with Crippen molar-refractivity contribution in [3.63, 3.8) is 0 Å². The topological polar surface area (TPSA) is 67.8 Å². The van der Waals surface area contributed by atoms with Crippen molar-refractivity contribution in [2.45, 2.75) is 40.0 Å². The van der Waals surface area contributed by atoms with Crippen LogP contribution in [0.25, 0.3) is 0 Å². The number of hydrogen-bond donors (Lipinski definition) is 2. The number of rotatable bonds is 8. The quantitative estimate of drug-likeness (QED) is 0.340. The highest BCUT2D eigenvalue weighted by Gasteiger charge is 2.02. The van der Waals surface area contributed by atoms with Gasteiger partial charge in [0.2, 0.25) is 5.88 Å². The molecule has 0 saturated heterocycles. The molecule has 0 spiro atoms. The Morgan fingerprint density at radius 1 is 1.07 bits per heavy atom. The van der Waals surface area contributed by atoms with Crippen molar-refractivity contribution in [3.05, 3.63) is 53.7 Å². The zero-order valence-corrected chi connectivity index (χ0v) is 18.7. The summed E-state index contributed by atoms with van der Waals surface area (Å²) in [7, 11) is 1.67. The highest BCUT2D eigenvalue weighted by molar-refractivity contribution is 14.0. The Kier molecular flexibility index (Phi) is 10.5. The number of hydrogen-bond acceptors (Lipinski definition) is 4. The van der Waals surface area contributed by atoms with Crippen molar-refractivity contribution in [2.75, 3.05) is 13.7 Å². The number of nitrogens with zero attached hydrogens (tertiary/aromatic N) is 2. The fourth-order valence-corrected chi connectivity index (χ4v) is 2.26. The predicted octanol–water partition coefficient (Wildman–Crippen LogP) is 3.75. The standard InChI is InChI=1S/C20H28N4O2.HI/c1-5-21-20(23-12-16-6-9-18(25-4)10-7-16)24-14-17-8-11-19(22-13-17)26-15(2)3;/h6-11,13,15H,5,12,14H2,1-4H3,(H2,21,23,24);1H. The average Bonchev–Trinajstić information content (AvgIpc) is 2.65. The van der Waals surface area contributed by atoms with Crippen LogP contribution in [-0.2, 0) is 13.1 Å². The monoisotopic (exact) mass is 484 g/mol. The normalized spacial score (nSPS) is 10.9. The maximum atomic E-state index is 5.56. The second-order valence-corrected chi connectivity index (χ2v) is 6.07. The van der Waals surface area contributed by atoms with Gasteiger partial charge in [-0.15, -0.1) is 24.0 Å². The molecule has 0 unspecified atom stereocenters. The third-order valence-corrected chi connectivity index (χ3v) is 3.54. The minimum Gasteiger partial charge on any atom is -0.497 e. The van der Waals surface area contributed by atoms with Crippen LogP contribution in [0.1, 0.15) is 31.9 Å². The Balaban J connectivity index is 0.00000364. The molecule has 0 bridgehead atoms. The maximum Gasteiger partial charge on any atom is 0.213 e. The lowest BCUT2D eigenvalue weighted by molar-refractivity contribution is 0.232. The summed E-state index contributed by atoms with van der Waals surface area (Å²) in [5.74, 6) is 2.26. The van der Waals surface area contributed by atoms with E-state index in [1.807, 2.05) is 57.2 Å². The van der Waals surface area contributed by atoms with Gasteiger partial charge in [0.1, 0.15) is 5.75 Å². The zero-order chi connectivity index (χ0) is 18.8. The van der Waals surface area contributed by atoms with Crippen LogP contribution in [0.5, 0.6) is 11.6 Å². The molecular weight excluding hydrogens is 455 g/mol. The van der Waals surface area contributed by atoms with E-state index in [1.54, 1.807) is 13.3 Å². The number of aliphatic imine (C=N–C) groups is 1. The Labute approximate surface area is 178 Å². The second-order valence-electron chi connectivity index (χ2n) is 6.07. The summed E-state index contributed by atoms with van der Waals surface area (Å²) in [6, 6.07) is 11.8.